The Kier molecular flexibility index (Phi) is 3.09. The average molecular weight is 335 g/mol. The van der Waals surface area contributed by atoms with Crippen LogP contribution in [0.1, 0.15) is 11.3 Å². The van der Waals surface area contributed by atoms with Crippen LogP contribution >= 0.6 is 0 Å². The summed E-state index contributed by atoms with van der Waals surface area (Å²) >= 11 is 0. The second-order valence-electron chi connectivity index (χ2n) is 6.30. The van der Waals surface area contributed by atoms with Crippen LogP contribution in [0.25, 0.3) is 10.9 Å². The van der Waals surface area contributed by atoms with Crippen molar-refractivity contribution in [2.24, 2.45) is 0 Å². The molecule has 6 heteroatoms. The first-order valence-electron chi connectivity index (χ1n) is 8.32. The van der Waals surface area contributed by atoms with Gasteiger partial charge in [-0.2, -0.15) is 0 Å². The van der Waals surface area contributed by atoms with E-state index < -0.39 is 0 Å². The number of anilines is 1. The van der Waals surface area contributed by atoms with E-state index in [0.29, 0.717) is 30.3 Å². The third kappa shape index (κ3) is 2.38. The molecule has 0 bridgehead atoms. The van der Waals surface area contributed by atoms with Gasteiger partial charge in [0.05, 0.1) is 0 Å². The number of nitrogens with zero attached hydrogens (tertiary/aromatic N) is 1. The Labute approximate surface area is 144 Å². The minimum atomic E-state index is -0.102. The van der Waals surface area contributed by atoms with Crippen LogP contribution in [-0.4, -0.2) is 29.3 Å². The molecule has 3 aromatic rings. The standard InChI is InChI=1S/C19H17N3O3/c23-19(20-12-5-6-17-18(9-12)25-11-24-17)22-8-7-16-14(10-22)13-3-1-2-4-15(13)21-16/h1-6,9,21H,7-8,10-11H2,(H,20,23). The number of nitrogens with one attached hydrogen (secondary N) is 2. The Morgan fingerprint density at radius 3 is 2.96 bits per heavy atom. The van der Waals surface area contributed by atoms with Gasteiger partial charge in [-0.3, -0.25) is 0 Å². The van der Waals surface area contributed by atoms with Crippen LogP contribution in [0.4, 0.5) is 10.5 Å². The fourth-order valence-electron chi connectivity index (χ4n) is 3.52. The van der Waals surface area contributed by atoms with Crippen LogP contribution in [0.5, 0.6) is 11.5 Å². The number of urea groups is 1. The molecule has 0 spiro atoms. The molecule has 0 radical (unpaired) electrons. The molecule has 0 aliphatic carbocycles. The molecular formula is C19H17N3O3. The highest BCUT2D eigenvalue weighted by Crippen LogP contribution is 2.34. The number of fused-ring (bicyclic) bond motifs is 4. The third-order valence-corrected chi connectivity index (χ3v) is 4.79. The van der Waals surface area contributed by atoms with Gasteiger partial charge in [0.2, 0.25) is 6.79 Å². The van der Waals surface area contributed by atoms with Crippen molar-refractivity contribution in [2.45, 2.75) is 13.0 Å². The molecule has 3 heterocycles. The number of aromatic amines is 1. The quantitative estimate of drug-likeness (QED) is 0.715. The van der Waals surface area contributed by atoms with Gasteiger partial charge in [0, 0.05) is 53.4 Å². The van der Waals surface area contributed by atoms with E-state index in [0.717, 1.165) is 11.9 Å². The molecule has 0 fully saturated rings. The van der Waals surface area contributed by atoms with E-state index in [-0.39, 0.29) is 12.8 Å². The summed E-state index contributed by atoms with van der Waals surface area (Å²) in [6, 6.07) is 13.6. The summed E-state index contributed by atoms with van der Waals surface area (Å²) in [6.45, 7) is 1.52. The zero-order valence-electron chi connectivity index (χ0n) is 13.5. The first-order valence-corrected chi connectivity index (χ1v) is 8.32. The summed E-state index contributed by atoms with van der Waals surface area (Å²) in [5.74, 6) is 1.37. The highest BCUT2D eigenvalue weighted by atomic mass is 16.7. The minimum Gasteiger partial charge on any atom is -0.454 e. The van der Waals surface area contributed by atoms with Crippen LogP contribution in [0, 0.1) is 0 Å². The minimum absolute atomic E-state index is 0.102. The average Bonchev–Trinajstić information content (AvgIpc) is 3.24. The summed E-state index contributed by atoms with van der Waals surface area (Å²) in [6.07, 6.45) is 0.832. The van der Waals surface area contributed by atoms with Crippen molar-refractivity contribution in [1.29, 1.82) is 0 Å². The lowest BCUT2D eigenvalue weighted by Gasteiger charge is -2.27. The van der Waals surface area contributed by atoms with E-state index in [4.69, 9.17) is 9.47 Å². The number of para-hydroxylation sites is 1. The van der Waals surface area contributed by atoms with Gasteiger partial charge in [-0.25, -0.2) is 4.79 Å². The van der Waals surface area contributed by atoms with Gasteiger partial charge in [0.15, 0.2) is 11.5 Å². The fourth-order valence-corrected chi connectivity index (χ4v) is 3.52. The highest BCUT2D eigenvalue weighted by molar-refractivity contribution is 5.91. The van der Waals surface area contributed by atoms with E-state index in [1.165, 1.54) is 16.6 Å². The number of aromatic nitrogens is 1. The van der Waals surface area contributed by atoms with E-state index >= 15 is 0 Å². The lowest BCUT2D eigenvalue weighted by atomic mass is 10.0. The van der Waals surface area contributed by atoms with Crippen molar-refractivity contribution < 1.29 is 14.3 Å². The molecule has 2 aliphatic heterocycles. The number of H-pyrrole nitrogens is 1. The SMILES string of the molecule is O=C(Nc1ccc2c(c1)OCO2)N1CCc2[nH]c3ccccc3c2C1. The first-order chi connectivity index (χ1) is 12.3. The number of rotatable bonds is 1. The zero-order chi connectivity index (χ0) is 16.8. The number of amides is 2. The molecule has 2 aromatic carbocycles. The molecule has 2 amide bonds. The molecule has 0 unspecified atom stereocenters. The third-order valence-electron chi connectivity index (χ3n) is 4.79. The van der Waals surface area contributed by atoms with Crippen molar-refractivity contribution in [3.05, 3.63) is 53.7 Å². The largest absolute Gasteiger partial charge is 0.454 e. The summed E-state index contributed by atoms with van der Waals surface area (Å²) in [5.41, 5.74) is 4.28. The number of benzene rings is 2. The second-order valence-corrected chi connectivity index (χ2v) is 6.30. The second kappa shape index (κ2) is 5.44. The van der Waals surface area contributed by atoms with Crippen molar-refractivity contribution >= 4 is 22.6 Å². The maximum absolute atomic E-state index is 12.7. The Morgan fingerprint density at radius 1 is 1.12 bits per heavy atom. The van der Waals surface area contributed by atoms with Gasteiger partial charge in [-0.1, -0.05) is 18.2 Å². The van der Waals surface area contributed by atoms with Crippen LogP contribution < -0.4 is 14.8 Å². The van der Waals surface area contributed by atoms with E-state index in [9.17, 15) is 4.79 Å². The van der Waals surface area contributed by atoms with Crippen molar-refractivity contribution in [3.8, 4) is 11.5 Å². The Hall–Kier alpha value is -3.15. The summed E-state index contributed by atoms with van der Waals surface area (Å²) in [5, 5.41) is 4.15. The van der Waals surface area contributed by atoms with Gasteiger partial charge in [0.25, 0.3) is 0 Å². The van der Waals surface area contributed by atoms with Gasteiger partial charge in [-0.05, 0) is 18.2 Å². The number of hydrogen-bond acceptors (Lipinski definition) is 3. The van der Waals surface area contributed by atoms with E-state index in [1.807, 2.05) is 29.2 Å². The van der Waals surface area contributed by atoms with E-state index in [2.05, 4.69) is 22.4 Å². The topological polar surface area (TPSA) is 66.6 Å². The van der Waals surface area contributed by atoms with Crippen molar-refractivity contribution in [2.75, 3.05) is 18.7 Å². The normalized spacial score (nSPS) is 15.3. The molecule has 25 heavy (non-hydrogen) atoms. The highest BCUT2D eigenvalue weighted by Gasteiger charge is 2.24. The molecule has 2 aliphatic rings. The summed E-state index contributed by atoms with van der Waals surface area (Å²) in [4.78, 5) is 18.0. The molecule has 126 valence electrons. The maximum Gasteiger partial charge on any atom is 0.322 e. The predicted molar refractivity (Wildman–Crippen MR) is 94.0 cm³/mol. The number of hydrogen-bond donors (Lipinski definition) is 2. The lowest BCUT2D eigenvalue weighted by Crippen LogP contribution is -2.38. The molecule has 6 nitrogen and oxygen atoms in total. The molecule has 2 N–H and O–H groups in total. The monoisotopic (exact) mass is 335 g/mol. The van der Waals surface area contributed by atoms with Crippen molar-refractivity contribution in [1.82, 2.24) is 9.88 Å². The lowest BCUT2D eigenvalue weighted by molar-refractivity contribution is 0.174. The van der Waals surface area contributed by atoms with Gasteiger partial charge in [-0.15, -0.1) is 0 Å². The van der Waals surface area contributed by atoms with Crippen LogP contribution in [-0.2, 0) is 13.0 Å². The van der Waals surface area contributed by atoms with Gasteiger partial charge in [0.1, 0.15) is 0 Å². The fraction of sp³-hybridized carbons (Fsp3) is 0.211. The number of ether oxygens (including phenoxy) is 2. The summed E-state index contributed by atoms with van der Waals surface area (Å²) < 4.78 is 10.7. The maximum atomic E-state index is 12.7. The molecular weight excluding hydrogens is 318 g/mol. The van der Waals surface area contributed by atoms with Gasteiger partial charge >= 0.3 is 6.03 Å². The first kappa shape index (κ1) is 14.2. The molecule has 0 saturated carbocycles. The molecule has 0 atom stereocenters. The molecule has 1 aromatic heterocycles. The Bertz CT molecular complexity index is 979. The Morgan fingerprint density at radius 2 is 2.00 bits per heavy atom. The van der Waals surface area contributed by atoms with E-state index in [1.54, 1.807) is 6.07 Å². The molecule has 0 saturated heterocycles. The predicted octanol–water partition coefficient (Wildman–Crippen LogP) is 3.49. The number of carbonyl (C=O) groups is 1. The van der Waals surface area contributed by atoms with Gasteiger partial charge < -0.3 is 24.7 Å². The number of carbonyl (C=O) groups excluding carboxylic acids is 1. The van der Waals surface area contributed by atoms with Crippen LogP contribution in [0.15, 0.2) is 42.5 Å². The smallest absolute Gasteiger partial charge is 0.322 e. The zero-order valence-corrected chi connectivity index (χ0v) is 13.5. The Balaban J connectivity index is 1.36. The molecule has 5 rings (SSSR count). The summed E-state index contributed by atoms with van der Waals surface area (Å²) in [7, 11) is 0. The van der Waals surface area contributed by atoms with Crippen LogP contribution in [0.2, 0.25) is 0 Å². The van der Waals surface area contributed by atoms with Crippen molar-refractivity contribution in [3.63, 3.8) is 0 Å². The van der Waals surface area contributed by atoms with Crippen LogP contribution in [0.3, 0.4) is 0 Å².